The average Bonchev–Trinajstić information content (AvgIpc) is 3.16. The van der Waals surface area contributed by atoms with Gasteiger partial charge in [0.2, 0.25) is 0 Å². The van der Waals surface area contributed by atoms with Gasteiger partial charge in [-0.2, -0.15) is 0 Å². The third-order valence-electron chi connectivity index (χ3n) is 3.82. The van der Waals surface area contributed by atoms with E-state index in [0.29, 0.717) is 11.3 Å². The molecule has 3 N–H and O–H groups in total. The predicted octanol–water partition coefficient (Wildman–Crippen LogP) is 3.29. The van der Waals surface area contributed by atoms with Gasteiger partial charge >= 0.3 is 5.97 Å². The minimum absolute atomic E-state index is 0.0873. The Morgan fingerprint density at radius 1 is 1.00 bits per heavy atom. The number of aliphatic hydroxyl groups excluding tert-OH is 1. The maximum Gasteiger partial charge on any atom is 0.352 e. The first-order valence-corrected chi connectivity index (χ1v) is 8.18. The van der Waals surface area contributed by atoms with Gasteiger partial charge < -0.3 is 19.9 Å². The molecule has 3 aromatic rings. The van der Waals surface area contributed by atoms with Crippen LogP contribution in [0.4, 0.5) is 0 Å². The molecule has 6 nitrogen and oxygen atoms in total. The van der Waals surface area contributed by atoms with Crippen LogP contribution < -0.4 is 5.32 Å². The number of carboxylic acid groups (broad SMARTS) is 1. The average molecular weight is 363 g/mol. The van der Waals surface area contributed by atoms with Crippen molar-refractivity contribution in [1.82, 2.24) is 5.32 Å². The number of benzene rings is 2. The number of hydrogen-bond acceptors (Lipinski definition) is 4. The Bertz CT molecular complexity index is 989. The lowest BCUT2D eigenvalue weighted by molar-refractivity contribution is -0.132. The Kier molecular flexibility index (Phi) is 5.49. The zero-order valence-corrected chi connectivity index (χ0v) is 14.3. The number of carboxylic acids is 1. The SMILES string of the molecule is O=C(O)C(=Cc1ccc(-c2cccc(CO)c2)o1)NC(=O)c1ccccc1. The fourth-order valence-electron chi connectivity index (χ4n) is 2.49. The van der Waals surface area contributed by atoms with Gasteiger partial charge in [0.15, 0.2) is 0 Å². The van der Waals surface area contributed by atoms with Crippen molar-refractivity contribution < 1.29 is 24.2 Å². The minimum Gasteiger partial charge on any atom is -0.477 e. The fourth-order valence-corrected chi connectivity index (χ4v) is 2.49. The van der Waals surface area contributed by atoms with Crippen LogP contribution in [0.5, 0.6) is 0 Å². The van der Waals surface area contributed by atoms with Crippen molar-refractivity contribution in [2.45, 2.75) is 6.61 Å². The first-order chi connectivity index (χ1) is 13.1. The van der Waals surface area contributed by atoms with Crippen LogP contribution in [0.2, 0.25) is 0 Å². The predicted molar refractivity (Wildman–Crippen MR) is 99.6 cm³/mol. The van der Waals surface area contributed by atoms with Crippen LogP contribution in [0.3, 0.4) is 0 Å². The third kappa shape index (κ3) is 4.50. The number of carbonyl (C=O) groups is 2. The first kappa shape index (κ1) is 18.2. The lowest BCUT2D eigenvalue weighted by atomic mass is 10.1. The van der Waals surface area contributed by atoms with Crippen molar-refractivity contribution in [3.8, 4) is 11.3 Å². The van der Waals surface area contributed by atoms with Crippen LogP contribution in [0.15, 0.2) is 76.8 Å². The van der Waals surface area contributed by atoms with E-state index in [1.165, 1.54) is 6.08 Å². The summed E-state index contributed by atoms with van der Waals surface area (Å²) in [7, 11) is 0. The van der Waals surface area contributed by atoms with E-state index in [0.717, 1.165) is 11.1 Å². The summed E-state index contributed by atoms with van der Waals surface area (Å²) in [6.45, 7) is -0.0873. The van der Waals surface area contributed by atoms with E-state index in [4.69, 9.17) is 4.42 Å². The van der Waals surface area contributed by atoms with E-state index in [1.807, 2.05) is 6.07 Å². The molecule has 0 radical (unpaired) electrons. The molecule has 0 unspecified atom stereocenters. The number of nitrogens with one attached hydrogen (secondary N) is 1. The summed E-state index contributed by atoms with van der Waals surface area (Å²) in [5.41, 5.74) is 1.55. The van der Waals surface area contributed by atoms with Crippen LogP contribution in [-0.4, -0.2) is 22.1 Å². The molecule has 136 valence electrons. The van der Waals surface area contributed by atoms with E-state index in [2.05, 4.69) is 5.32 Å². The monoisotopic (exact) mass is 363 g/mol. The molecule has 0 spiro atoms. The molecule has 0 atom stereocenters. The Morgan fingerprint density at radius 3 is 2.48 bits per heavy atom. The lowest BCUT2D eigenvalue weighted by Crippen LogP contribution is -2.27. The lowest BCUT2D eigenvalue weighted by Gasteiger charge is -2.05. The van der Waals surface area contributed by atoms with Crippen molar-refractivity contribution in [3.63, 3.8) is 0 Å². The van der Waals surface area contributed by atoms with Crippen molar-refractivity contribution >= 4 is 18.0 Å². The van der Waals surface area contributed by atoms with Gasteiger partial charge in [0.1, 0.15) is 17.2 Å². The van der Waals surface area contributed by atoms with Crippen molar-refractivity contribution in [3.05, 3.63) is 89.3 Å². The van der Waals surface area contributed by atoms with Crippen molar-refractivity contribution in [1.29, 1.82) is 0 Å². The molecule has 0 fully saturated rings. The normalized spacial score (nSPS) is 11.2. The second-order valence-electron chi connectivity index (χ2n) is 5.74. The zero-order valence-electron chi connectivity index (χ0n) is 14.3. The second-order valence-corrected chi connectivity index (χ2v) is 5.74. The van der Waals surface area contributed by atoms with E-state index < -0.39 is 11.9 Å². The number of carbonyl (C=O) groups excluding carboxylic acids is 1. The highest BCUT2D eigenvalue weighted by Crippen LogP contribution is 2.24. The number of amides is 1. The number of hydrogen-bond donors (Lipinski definition) is 3. The Balaban J connectivity index is 1.83. The van der Waals surface area contributed by atoms with Crippen LogP contribution >= 0.6 is 0 Å². The van der Waals surface area contributed by atoms with Crippen molar-refractivity contribution in [2.24, 2.45) is 0 Å². The molecule has 0 saturated heterocycles. The van der Waals surface area contributed by atoms with Gasteiger partial charge in [0.25, 0.3) is 5.91 Å². The Labute approximate surface area is 155 Å². The molecule has 0 aliphatic heterocycles. The maximum atomic E-state index is 12.2. The molecule has 0 aliphatic rings. The fraction of sp³-hybridized carbons (Fsp3) is 0.0476. The number of aliphatic hydroxyl groups is 1. The van der Waals surface area contributed by atoms with E-state index in [-0.39, 0.29) is 18.1 Å². The summed E-state index contributed by atoms with van der Waals surface area (Å²) in [5, 5.41) is 21.0. The van der Waals surface area contributed by atoms with Gasteiger partial charge in [-0.1, -0.05) is 36.4 Å². The maximum absolute atomic E-state index is 12.2. The molecular formula is C21H17NO5. The van der Waals surface area contributed by atoms with Crippen LogP contribution in [-0.2, 0) is 11.4 Å². The van der Waals surface area contributed by atoms with Gasteiger partial charge in [0, 0.05) is 17.2 Å². The summed E-state index contributed by atoms with van der Waals surface area (Å²) in [5.74, 6) is -0.993. The van der Waals surface area contributed by atoms with Crippen LogP contribution in [0, 0.1) is 0 Å². The quantitative estimate of drug-likeness (QED) is 0.584. The molecule has 3 rings (SSSR count). The summed E-state index contributed by atoms with van der Waals surface area (Å²) < 4.78 is 5.66. The summed E-state index contributed by atoms with van der Waals surface area (Å²) in [4.78, 5) is 23.7. The molecule has 0 aliphatic carbocycles. The third-order valence-corrected chi connectivity index (χ3v) is 3.82. The highest BCUT2D eigenvalue weighted by Gasteiger charge is 2.14. The van der Waals surface area contributed by atoms with Gasteiger partial charge in [0.05, 0.1) is 6.61 Å². The standard InChI is InChI=1S/C21H17NO5/c23-13-14-5-4-8-16(11-14)19-10-9-17(27-19)12-18(21(25)26)22-20(24)15-6-2-1-3-7-15/h1-12,23H,13H2,(H,22,24)(H,25,26). The Hall–Kier alpha value is -3.64. The summed E-state index contributed by atoms with van der Waals surface area (Å²) in [6, 6.07) is 18.8. The van der Waals surface area contributed by atoms with Crippen LogP contribution in [0.1, 0.15) is 21.7 Å². The smallest absolute Gasteiger partial charge is 0.352 e. The molecule has 1 amide bonds. The van der Waals surface area contributed by atoms with Gasteiger partial charge in [-0.15, -0.1) is 0 Å². The molecule has 6 heteroatoms. The van der Waals surface area contributed by atoms with Crippen molar-refractivity contribution in [2.75, 3.05) is 0 Å². The largest absolute Gasteiger partial charge is 0.477 e. The molecule has 27 heavy (non-hydrogen) atoms. The Morgan fingerprint density at radius 2 is 1.78 bits per heavy atom. The first-order valence-electron chi connectivity index (χ1n) is 8.18. The topological polar surface area (TPSA) is 99.8 Å². The molecule has 2 aromatic carbocycles. The highest BCUT2D eigenvalue weighted by atomic mass is 16.4. The van der Waals surface area contributed by atoms with Crippen LogP contribution in [0.25, 0.3) is 17.4 Å². The zero-order chi connectivity index (χ0) is 19.2. The minimum atomic E-state index is -1.28. The summed E-state index contributed by atoms with van der Waals surface area (Å²) in [6.07, 6.45) is 1.25. The van der Waals surface area contributed by atoms with Gasteiger partial charge in [-0.25, -0.2) is 4.79 Å². The number of furan rings is 1. The van der Waals surface area contributed by atoms with E-state index in [9.17, 15) is 19.8 Å². The molecular weight excluding hydrogens is 346 g/mol. The van der Waals surface area contributed by atoms with Gasteiger partial charge in [-0.05, 0) is 35.9 Å². The molecule has 0 bridgehead atoms. The number of rotatable bonds is 6. The van der Waals surface area contributed by atoms with Gasteiger partial charge in [-0.3, -0.25) is 4.79 Å². The summed E-state index contributed by atoms with van der Waals surface area (Å²) >= 11 is 0. The number of aliphatic carboxylic acids is 1. The second kappa shape index (κ2) is 8.16. The van der Waals surface area contributed by atoms with E-state index >= 15 is 0 Å². The van der Waals surface area contributed by atoms with E-state index in [1.54, 1.807) is 60.7 Å². The highest BCUT2D eigenvalue weighted by molar-refractivity contribution is 6.02. The molecule has 1 aromatic heterocycles. The molecule has 1 heterocycles. The molecule has 0 saturated carbocycles.